The molecule has 0 bridgehead atoms. The highest BCUT2D eigenvalue weighted by atomic mass is 35.5. The summed E-state index contributed by atoms with van der Waals surface area (Å²) < 4.78 is 25.4. The van der Waals surface area contributed by atoms with Crippen LogP contribution in [0, 0.1) is 0 Å². The van der Waals surface area contributed by atoms with Gasteiger partial charge in [0, 0.05) is 15.7 Å². The molecule has 1 aromatic heterocycles. The summed E-state index contributed by atoms with van der Waals surface area (Å²) in [5, 5.41) is 10.6. The smallest absolute Gasteiger partial charge is 0.246 e. The molecule has 0 unspecified atom stereocenters. The van der Waals surface area contributed by atoms with Crippen LogP contribution in [0.25, 0.3) is 0 Å². The number of aromatic nitrogens is 3. The van der Waals surface area contributed by atoms with Crippen LogP contribution in [0.5, 0.6) is 0 Å². The van der Waals surface area contributed by atoms with Crippen LogP contribution in [0.15, 0.2) is 24.4 Å². The summed E-state index contributed by atoms with van der Waals surface area (Å²) in [6.45, 7) is -0.150. The molecule has 0 aliphatic rings. The second-order valence-electron chi connectivity index (χ2n) is 4.38. The molecule has 1 aromatic carbocycles. The summed E-state index contributed by atoms with van der Waals surface area (Å²) in [6, 6.07) is 4.63. The fourth-order valence-electron chi connectivity index (χ4n) is 1.59. The minimum Gasteiger partial charge on any atom is -0.324 e. The van der Waals surface area contributed by atoms with Gasteiger partial charge in [0.2, 0.25) is 15.9 Å². The number of hydrogen-bond donors (Lipinski definition) is 2. The summed E-state index contributed by atoms with van der Waals surface area (Å²) in [7, 11) is -3.45. The number of nitrogens with zero attached hydrogens (tertiary/aromatic N) is 3. The molecule has 0 saturated carbocycles. The zero-order valence-electron chi connectivity index (χ0n) is 11.2. The Morgan fingerprint density at radius 3 is 2.50 bits per heavy atom. The zero-order chi connectivity index (χ0) is 16.3. The van der Waals surface area contributed by atoms with E-state index in [-0.39, 0.29) is 12.4 Å². The van der Waals surface area contributed by atoms with Crippen LogP contribution in [0.2, 0.25) is 10.0 Å². The quantitative estimate of drug-likeness (QED) is 0.838. The maximum absolute atomic E-state index is 11.9. The monoisotopic (exact) mass is 363 g/mol. The highest BCUT2D eigenvalue weighted by Crippen LogP contribution is 2.22. The van der Waals surface area contributed by atoms with Gasteiger partial charge in [0.15, 0.2) is 5.82 Å². The van der Waals surface area contributed by atoms with E-state index in [4.69, 9.17) is 23.2 Å². The summed E-state index contributed by atoms with van der Waals surface area (Å²) in [5.41, 5.74) is 0.442. The third-order valence-electron chi connectivity index (χ3n) is 2.28. The van der Waals surface area contributed by atoms with E-state index in [0.29, 0.717) is 15.7 Å². The Balaban J connectivity index is 2.00. The predicted octanol–water partition coefficient (Wildman–Crippen LogP) is 1.60. The number of rotatable bonds is 5. The van der Waals surface area contributed by atoms with Crippen LogP contribution in [0.1, 0.15) is 0 Å². The Morgan fingerprint density at radius 1 is 1.27 bits per heavy atom. The van der Waals surface area contributed by atoms with E-state index in [0.717, 1.165) is 6.26 Å². The first-order valence-corrected chi connectivity index (χ1v) is 8.50. The number of carbonyl (C=O) groups excluding carboxylic acids is 1. The van der Waals surface area contributed by atoms with Gasteiger partial charge in [-0.05, 0) is 18.2 Å². The maximum atomic E-state index is 11.9. The average molecular weight is 364 g/mol. The molecule has 2 N–H and O–H groups in total. The van der Waals surface area contributed by atoms with Crippen LogP contribution in [0.4, 0.5) is 11.5 Å². The number of hydrogen-bond acceptors (Lipinski definition) is 5. The number of nitrogens with one attached hydrogen (secondary N) is 2. The normalized spacial score (nSPS) is 11.2. The first kappa shape index (κ1) is 16.5. The van der Waals surface area contributed by atoms with Crippen molar-refractivity contribution in [1.82, 2.24) is 15.0 Å². The molecule has 2 aromatic rings. The molecular formula is C11H11Cl2N5O3S. The van der Waals surface area contributed by atoms with E-state index in [1.165, 1.54) is 10.9 Å². The Bertz CT molecular complexity index is 786. The molecule has 8 nitrogen and oxygen atoms in total. The lowest BCUT2D eigenvalue weighted by Crippen LogP contribution is -2.19. The van der Waals surface area contributed by atoms with Crippen molar-refractivity contribution in [3.63, 3.8) is 0 Å². The highest BCUT2D eigenvalue weighted by molar-refractivity contribution is 7.92. The Labute approximate surface area is 136 Å². The third-order valence-corrected chi connectivity index (χ3v) is 3.30. The number of halogens is 2. The van der Waals surface area contributed by atoms with Crippen molar-refractivity contribution in [3.05, 3.63) is 34.4 Å². The van der Waals surface area contributed by atoms with Gasteiger partial charge in [0.1, 0.15) is 6.54 Å². The maximum Gasteiger partial charge on any atom is 0.246 e. The first-order valence-electron chi connectivity index (χ1n) is 5.85. The van der Waals surface area contributed by atoms with Gasteiger partial charge in [0.05, 0.1) is 12.5 Å². The van der Waals surface area contributed by atoms with Crippen LogP contribution < -0.4 is 10.0 Å². The van der Waals surface area contributed by atoms with Crippen LogP contribution in [-0.2, 0) is 21.4 Å². The van der Waals surface area contributed by atoms with Crippen molar-refractivity contribution in [2.24, 2.45) is 0 Å². The first-order chi connectivity index (χ1) is 10.2. The van der Waals surface area contributed by atoms with Gasteiger partial charge in [0.25, 0.3) is 0 Å². The molecule has 0 radical (unpaired) electrons. The number of sulfonamides is 1. The second kappa shape index (κ2) is 6.51. The summed E-state index contributed by atoms with van der Waals surface area (Å²) in [4.78, 5) is 11.9. The predicted molar refractivity (Wildman–Crippen MR) is 83.6 cm³/mol. The van der Waals surface area contributed by atoms with Gasteiger partial charge in [-0.15, -0.1) is 5.10 Å². The highest BCUT2D eigenvalue weighted by Gasteiger charge is 2.10. The van der Waals surface area contributed by atoms with Gasteiger partial charge in [-0.25, -0.2) is 13.1 Å². The molecule has 0 aliphatic carbocycles. The third kappa shape index (κ3) is 5.17. The van der Waals surface area contributed by atoms with E-state index in [1.807, 2.05) is 0 Å². The summed E-state index contributed by atoms with van der Waals surface area (Å²) in [5.74, 6) is -0.366. The molecule has 0 aliphatic heterocycles. The van der Waals surface area contributed by atoms with E-state index in [1.54, 1.807) is 18.2 Å². The molecule has 2 rings (SSSR count). The lowest BCUT2D eigenvalue weighted by atomic mass is 10.3. The Kier molecular flexibility index (Phi) is 4.89. The lowest BCUT2D eigenvalue weighted by Gasteiger charge is -2.06. The molecule has 22 heavy (non-hydrogen) atoms. The minimum atomic E-state index is -3.45. The molecule has 0 fully saturated rings. The van der Waals surface area contributed by atoms with E-state index in [9.17, 15) is 13.2 Å². The number of benzene rings is 1. The summed E-state index contributed by atoms with van der Waals surface area (Å²) in [6.07, 6.45) is 2.28. The van der Waals surface area contributed by atoms with Gasteiger partial charge in [-0.3, -0.25) is 9.52 Å². The largest absolute Gasteiger partial charge is 0.324 e. The van der Waals surface area contributed by atoms with Crippen molar-refractivity contribution < 1.29 is 13.2 Å². The van der Waals surface area contributed by atoms with Crippen molar-refractivity contribution in [2.45, 2.75) is 6.54 Å². The molecule has 118 valence electrons. The van der Waals surface area contributed by atoms with Crippen LogP contribution in [0.3, 0.4) is 0 Å². The zero-order valence-corrected chi connectivity index (χ0v) is 13.6. The van der Waals surface area contributed by atoms with E-state index in [2.05, 4.69) is 20.4 Å². The van der Waals surface area contributed by atoms with Crippen molar-refractivity contribution in [1.29, 1.82) is 0 Å². The Morgan fingerprint density at radius 2 is 1.91 bits per heavy atom. The molecule has 1 amide bonds. The van der Waals surface area contributed by atoms with Gasteiger partial charge in [-0.1, -0.05) is 28.4 Å². The van der Waals surface area contributed by atoms with Gasteiger partial charge in [-0.2, -0.15) is 0 Å². The Hall–Kier alpha value is -1.84. The molecule has 1 heterocycles. The average Bonchev–Trinajstić information content (AvgIpc) is 2.71. The summed E-state index contributed by atoms with van der Waals surface area (Å²) >= 11 is 11.7. The van der Waals surface area contributed by atoms with E-state index < -0.39 is 15.9 Å². The SMILES string of the molecule is CS(=O)(=O)Nc1cn(CC(=O)Nc2cc(Cl)cc(Cl)c2)nn1. The molecule has 0 spiro atoms. The molecular weight excluding hydrogens is 353 g/mol. The molecule has 0 saturated heterocycles. The van der Waals surface area contributed by atoms with Crippen molar-refractivity contribution in [3.8, 4) is 0 Å². The van der Waals surface area contributed by atoms with Crippen molar-refractivity contribution >= 4 is 50.6 Å². The second-order valence-corrected chi connectivity index (χ2v) is 7.00. The fourth-order valence-corrected chi connectivity index (χ4v) is 2.59. The number of amides is 1. The van der Waals surface area contributed by atoms with Crippen molar-refractivity contribution in [2.75, 3.05) is 16.3 Å². The topological polar surface area (TPSA) is 106 Å². The standard InChI is InChI=1S/C11H11Cl2N5O3S/c1-22(20,21)16-10-5-18(17-15-10)6-11(19)14-9-3-7(12)2-8(13)4-9/h2-5,16H,6H2,1H3,(H,14,19). The lowest BCUT2D eigenvalue weighted by molar-refractivity contribution is -0.116. The van der Waals surface area contributed by atoms with Gasteiger partial charge < -0.3 is 5.32 Å². The van der Waals surface area contributed by atoms with Gasteiger partial charge >= 0.3 is 0 Å². The van der Waals surface area contributed by atoms with Crippen LogP contribution >= 0.6 is 23.2 Å². The number of anilines is 2. The van der Waals surface area contributed by atoms with Crippen LogP contribution in [-0.4, -0.2) is 35.6 Å². The fraction of sp³-hybridized carbons (Fsp3) is 0.182. The van der Waals surface area contributed by atoms with E-state index >= 15 is 0 Å². The molecule has 0 atom stereocenters. The number of carbonyl (C=O) groups is 1. The molecule has 11 heteroatoms. The minimum absolute atomic E-state index is 0.0288.